The van der Waals surface area contributed by atoms with E-state index in [0.717, 1.165) is 21.2 Å². The minimum Gasteiger partial charge on any atom is -0.488 e. The van der Waals surface area contributed by atoms with Gasteiger partial charge in [0.25, 0.3) is 0 Å². The van der Waals surface area contributed by atoms with Crippen LogP contribution in [0.25, 0.3) is 11.6 Å². The van der Waals surface area contributed by atoms with Crippen molar-refractivity contribution >= 4 is 39.2 Å². The first-order chi connectivity index (χ1) is 13.6. The van der Waals surface area contributed by atoms with E-state index in [1.807, 2.05) is 48.5 Å². The van der Waals surface area contributed by atoms with Crippen molar-refractivity contribution in [1.82, 2.24) is 0 Å². The second-order valence-electron chi connectivity index (χ2n) is 5.93. The average molecular weight is 450 g/mol. The summed E-state index contributed by atoms with van der Waals surface area (Å²) in [4.78, 5) is 0. The van der Waals surface area contributed by atoms with Crippen LogP contribution in [0.4, 0.5) is 0 Å². The highest BCUT2D eigenvalue weighted by Crippen LogP contribution is 2.29. The summed E-state index contributed by atoms with van der Waals surface area (Å²) in [6.07, 6.45) is 1.80. The molecule has 0 heterocycles. The third-order valence-corrected chi connectivity index (χ3v) is 4.90. The lowest BCUT2D eigenvalue weighted by Gasteiger charge is -2.10. The Bertz CT molecular complexity index is 1130. The monoisotopic (exact) mass is 448 g/mol. The van der Waals surface area contributed by atoms with Crippen molar-refractivity contribution in [2.24, 2.45) is 0 Å². The fourth-order valence-electron chi connectivity index (χ4n) is 2.64. The zero-order chi connectivity index (χ0) is 19.9. The fraction of sp³-hybridized carbons (Fsp3) is 0.0435. The number of benzene rings is 3. The van der Waals surface area contributed by atoms with Crippen molar-refractivity contribution in [3.05, 3.63) is 98.5 Å². The lowest BCUT2D eigenvalue weighted by molar-refractivity contribution is 0.304. The van der Waals surface area contributed by atoms with Crippen molar-refractivity contribution < 1.29 is 4.74 Å². The van der Waals surface area contributed by atoms with E-state index in [1.54, 1.807) is 24.3 Å². The topological polar surface area (TPSA) is 56.8 Å². The van der Waals surface area contributed by atoms with E-state index >= 15 is 0 Å². The predicted octanol–water partition coefficient (Wildman–Crippen LogP) is 6.62. The number of rotatable bonds is 5. The van der Waals surface area contributed by atoms with Crippen molar-refractivity contribution in [2.75, 3.05) is 0 Å². The van der Waals surface area contributed by atoms with Crippen LogP contribution in [0.1, 0.15) is 22.3 Å². The number of nitriles is 2. The van der Waals surface area contributed by atoms with E-state index in [-0.39, 0.29) is 0 Å². The molecule has 3 nitrogen and oxygen atoms in total. The van der Waals surface area contributed by atoms with Crippen LogP contribution in [0, 0.1) is 22.7 Å². The Balaban J connectivity index is 1.80. The van der Waals surface area contributed by atoms with Crippen LogP contribution in [-0.2, 0) is 6.61 Å². The maximum atomic E-state index is 9.49. The first kappa shape index (κ1) is 19.7. The second-order valence-corrected chi connectivity index (χ2v) is 7.22. The number of ether oxygens (including phenoxy) is 1. The van der Waals surface area contributed by atoms with Gasteiger partial charge in [-0.3, -0.25) is 0 Å². The quantitative estimate of drug-likeness (QED) is 0.325. The molecule has 0 aromatic heterocycles. The van der Waals surface area contributed by atoms with Crippen LogP contribution >= 0.6 is 27.5 Å². The Morgan fingerprint density at radius 1 is 1.04 bits per heavy atom. The lowest BCUT2D eigenvalue weighted by atomic mass is 10.0. The van der Waals surface area contributed by atoms with Gasteiger partial charge in [-0.05, 0) is 63.5 Å². The molecule has 0 aliphatic rings. The Morgan fingerprint density at radius 2 is 1.86 bits per heavy atom. The zero-order valence-electron chi connectivity index (χ0n) is 14.7. The molecule has 0 spiro atoms. The third kappa shape index (κ3) is 4.81. The van der Waals surface area contributed by atoms with Crippen LogP contribution < -0.4 is 4.74 Å². The van der Waals surface area contributed by atoms with E-state index < -0.39 is 0 Å². The van der Waals surface area contributed by atoms with Gasteiger partial charge in [0.05, 0.1) is 27.7 Å². The van der Waals surface area contributed by atoms with Crippen LogP contribution in [0.15, 0.2) is 71.2 Å². The number of nitrogens with zero attached hydrogens (tertiary/aromatic N) is 2. The number of halogens is 2. The molecular weight excluding hydrogens is 436 g/mol. The van der Waals surface area contributed by atoms with Crippen molar-refractivity contribution in [3.63, 3.8) is 0 Å². The van der Waals surface area contributed by atoms with Gasteiger partial charge in [-0.25, -0.2) is 0 Å². The summed E-state index contributed by atoms with van der Waals surface area (Å²) < 4.78 is 6.61. The SMILES string of the molecule is N#C/C(=C/c1ccc(OCc2ccccc2C#N)c(Br)c1)c1cccc(Cl)c1. The second kappa shape index (κ2) is 9.24. The van der Waals surface area contributed by atoms with Crippen LogP contribution in [-0.4, -0.2) is 0 Å². The summed E-state index contributed by atoms with van der Waals surface area (Å²) in [5.74, 6) is 0.658. The van der Waals surface area contributed by atoms with Crippen LogP contribution in [0.2, 0.25) is 5.02 Å². The Hall–Kier alpha value is -3.05. The van der Waals surface area contributed by atoms with Gasteiger partial charge < -0.3 is 4.74 Å². The van der Waals surface area contributed by atoms with Crippen molar-refractivity contribution in [2.45, 2.75) is 6.61 Å². The molecule has 0 atom stereocenters. The molecule has 3 aromatic carbocycles. The number of hydrogen-bond donors (Lipinski definition) is 0. The predicted molar refractivity (Wildman–Crippen MR) is 115 cm³/mol. The highest BCUT2D eigenvalue weighted by molar-refractivity contribution is 9.10. The lowest BCUT2D eigenvalue weighted by Crippen LogP contribution is -1.98. The molecule has 0 saturated heterocycles. The summed E-state index contributed by atoms with van der Waals surface area (Å²) in [6, 6.07) is 24.5. The van der Waals surface area contributed by atoms with E-state index in [9.17, 15) is 5.26 Å². The minimum atomic E-state index is 0.295. The van der Waals surface area contributed by atoms with E-state index in [4.69, 9.17) is 21.6 Å². The number of hydrogen-bond acceptors (Lipinski definition) is 3. The van der Waals surface area contributed by atoms with Gasteiger partial charge in [0.15, 0.2) is 0 Å². The average Bonchev–Trinajstić information content (AvgIpc) is 2.71. The normalized spacial score (nSPS) is 10.8. The first-order valence-electron chi connectivity index (χ1n) is 8.39. The van der Waals surface area contributed by atoms with Gasteiger partial charge in [-0.2, -0.15) is 10.5 Å². The molecule has 28 heavy (non-hydrogen) atoms. The molecule has 0 aliphatic heterocycles. The maximum absolute atomic E-state index is 9.49. The molecule has 0 unspecified atom stereocenters. The molecule has 0 amide bonds. The summed E-state index contributed by atoms with van der Waals surface area (Å²) in [5.41, 5.74) is 3.56. The van der Waals surface area contributed by atoms with E-state index in [0.29, 0.717) is 28.5 Å². The molecule has 136 valence electrons. The summed E-state index contributed by atoms with van der Waals surface area (Å²) >= 11 is 9.53. The first-order valence-corrected chi connectivity index (χ1v) is 9.56. The molecule has 5 heteroatoms. The van der Waals surface area contributed by atoms with Gasteiger partial charge in [0.1, 0.15) is 12.4 Å². The molecule has 0 bridgehead atoms. The highest BCUT2D eigenvalue weighted by Gasteiger charge is 2.07. The minimum absolute atomic E-state index is 0.295. The zero-order valence-corrected chi connectivity index (χ0v) is 17.0. The van der Waals surface area contributed by atoms with Gasteiger partial charge >= 0.3 is 0 Å². The van der Waals surface area contributed by atoms with Crippen LogP contribution in [0.3, 0.4) is 0 Å². The highest BCUT2D eigenvalue weighted by atomic mass is 79.9. The Morgan fingerprint density at radius 3 is 2.57 bits per heavy atom. The Kier molecular flexibility index (Phi) is 6.50. The molecule has 0 saturated carbocycles. The standard InChI is InChI=1S/C23H14BrClN2O/c24-22-11-16(10-20(14-27)17-6-3-7-21(25)12-17)8-9-23(22)28-15-19-5-2-1-4-18(19)13-26/h1-12H,15H2/b20-10-. The number of allylic oxidation sites excluding steroid dienone is 1. The fourth-order valence-corrected chi connectivity index (χ4v) is 3.34. The summed E-state index contributed by atoms with van der Waals surface area (Å²) in [6.45, 7) is 0.295. The van der Waals surface area contributed by atoms with Gasteiger partial charge in [0.2, 0.25) is 0 Å². The van der Waals surface area contributed by atoms with E-state index in [2.05, 4.69) is 28.1 Å². The van der Waals surface area contributed by atoms with Gasteiger partial charge in [0, 0.05) is 10.6 Å². The molecule has 3 rings (SSSR count). The van der Waals surface area contributed by atoms with Crippen molar-refractivity contribution in [3.8, 4) is 17.9 Å². The summed E-state index contributed by atoms with van der Waals surface area (Å²) in [7, 11) is 0. The Labute approximate surface area is 177 Å². The largest absolute Gasteiger partial charge is 0.488 e. The van der Waals surface area contributed by atoms with E-state index in [1.165, 1.54) is 0 Å². The molecule has 0 fully saturated rings. The smallest absolute Gasteiger partial charge is 0.134 e. The summed E-state index contributed by atoms with van der Waals surface area (Å²) in [5, 5.41) is 19.2. The molecule has 0 aliphatic carbocycles. The third-order valence-electron chi connectivity index (χ3n) is 4.04. The van der Waals surface area contributed by atoms with Gasteiger partial charge in [-0.1, -0.05) is 48.0 Å². The maximum Gasteiger partial charge on any atom is 0.134 e. The molecule has 0 radical (unpaired) electrons. The van der Waals surface area contributed by atoms with Crippen molar-refractivity contribution in [1.29, 1.82) is 10.5 Å². The molecule has 3 aromatic rings. The molecule has 0 N–H and O–H groups in total. The molecular formula is C23H14BrClN2O. The van der Waals surface area contributed by atoms with Crippen LogP contribution in [0.5, 0.6) is 5.75 Å². The van der Waals surface area contributed by atoms with Gasteiger partial charge in [-0.15, -0.1) is 0 Å².